The van der Waals surface area contributed by atoms with Crippen molar-refractivity contribution in [2.75, 3.05) is 33.9 Å². The fraction of sp³-hybridized carbons (Fsp3) is 0.382. The minimum atomic E-state index is -0.998. The number of carbonyl (C=O) groups is 1. The largest absolute Gasteiger partial charge is 0.480 e. The maximum absolute atomic E-state index is 14.0. The van der Waals surface area contributed by atoms with Crippen molar-refractivity contribution in [1.82, 2.24) is 35.5 Å². The molecule has 2 aromatic carbocycles. The number of alkyl halides is 1. The van der Waals surface area contributed by atoms with Gasteiger partial charge >= 0.3 is 0 Å². The van der Waals surface area contributed by atoms with Gasteiger partial charge in [0.25, 0.3) is 0 Å². The zero-order valence-corrected chi connectivity index (χ0v) is 28.1. The van der Waals surface area contributed by atoms with Crippen LogP contribution in [-0.2, 0) is 17.9 Å². The van der Waals surface area contributed by atoms with E-state index in [1.165, 1.54) is 7.11 Å². The molecule has 4 aromatic rings. The number of hydrogen-bond donors (Lipinski definition) is 3. The number of aromatic nitrogens is 4. The van der Waals surface area contributed by atoms with E-state index in [1.807, 2.05) is 41.3 Å². The van der Waals surface area contributed by atoms with E-state index in [-0.39, 0.29) is 37.6 Å². The van der Waals surface area contributed by atoms with Gasteiger partial charge in [-0.05, 0) is 12.8 Å². The molecule has 0 spiro atoms. The minimum absolute atomic E-state index is 0.0732. The first kappa shape index (κ1) is 33.9. The summed E-state index contributed by atoms with van der Waals surface area (Å²) in [5, 5.41) is 16.8. The van der Waals surface area contributed by atoms with Gasteiger partial charge in [0.1, 0.15) is 17.6 Å². The summed E-state index contributed by atoms with van der Waals surface area (Å²) in [4.78, 5) is 31.9. The highest BCUT2D eigenvalue weighted by molar-refractivity contribution is 6.39. The summed E-state index contributed by atoms with van der Waals surface area (Å²) in [6.45, 7) is 1.43. The van der Waals surface area contributed by atoms with E-state index in [2.05, 4.69) is 25.6 Å². The molecule has 1 amide bonds. The Morgan fingerprint density at radius 2 is 1.54 bits per heavy atom. The van der Waals surface area contributed by atoms with Crippen molar-refractivity contribution < 1.29 is 23.8 Å². The quantitative estimate of drug-likeness (QED) is 0.189. The molecule has 0 bridgehead atoms. The van der Waals surface area contributed by atoms with Crippen LogP contribution in [0.3, 0.4) is 0 Å². The Morgan fingerprint density at radius 1 is 0.958 bits per heavy atom. The summed E-state index contributed by atoms with van der Waals surface area (Å²) in [5.41, 5.74) is 4.85. The monoisotopic (exact) mass is 695 g/mol. The van der Waals surface area contributed by atoms with E-state index < -0.39 is 6.17 Å². The molecule has 2 aromatic heterocycles. The molecule has 14 heteroatoms. The number of aliphatic hydroxyl groups excluding tert-OH is 1. The summed E-state index contributed by atoms with van der Waals surface area (Å²) >= 11 is 14.0. The van der Waals surface area contributed by atoms with E-state index >= 15 is 0 Å². The van der Waals surface area contributed by atoms with Gasteiger partial charge in [-0.3, -0.25) is 19.7 Å². The minimum Gasteiger partial charge on any atom is -0.480 e. The second kappa shape index (κ2) is 15.1. The number of methoxy groups -OCH3 is 2. The molecule has 0 saturated carbocycles. The predicted molar refractivity (Wildman–Crippen MR) is 181 cm³/mol. The molecule has 0 radical (unpaired) electrons. The van der Waals surface area contributed by atoms with Crippen molar-refractivity contribution in [2.45, 2.75) is 50.6 Å². The van der Waals surface area contributed by atoms with Crippen molar-refractivity contribution in [3.8, 4) is 45.4 Å². The van der Waals surface area contributed by atoms with Crippen LogP contribution in [0.2, 0.25) is 10.0 Å². The van der Waals surface area contributed by atoms with Crippen LogP contribution in [0, 0.1) is 0 Å². The molecule has 48 heavy (non-hydrogen) atoms. The van der Waals surface area contributed by atoms with Crippen LogP contribution >= 0.6 is 23.2 Å². The second-order valence-electron chi connectivity index (χ2n) is 11.8. The van der Waals surface area contributed by atoms with Crippen LogP contribution in [0.5, 0.6) is 11.8 Å². The van der Waals surface area contributed by atoms with Crippen LogP contribution in [0.4, 0.5) is 4.39 Å². The molecule has 0 aliphatic carbocycles. The molecule has 2 saturated heterocycles. The summed E-state index contributed by atoms with van der Waals surface area (Å²) in [6.07, 6.45) is 3.90. The van der Waals surface area contributed by atoms with Crippen molar-refractivity contribution in [3.63, 3.8) is 0 Å². The molecule has 11 nitrogen and oxygen atoms in total. The molecule has 3 atom stereocenters. The number of carbonyl (C=O) groups excluding carboxylic acids is 1. The third kappa shape index (κ3) is 7.23. The summed E-state index contributed by atoms with van der Waals surface area (Å²) in [7, 11) is 3.05. The van der Waals surface area contributed by atoms with Crippen LogP contribution in [0.25, 0.3) is 33.6 Å². The molecule has 3 N–H and O–H groups in total. The highest BCUT2D eigenvalue weighted by Crippen LogP contribution is 2.42. The number of aliphatic hydroxyl groups is 1. The maximum Gasteiger partial charge on any atom is 0.237 e. The first-order valence-electron chi connectivity index (χ1n) is 15.7. The average molecular weight is 697 g/mol. The Kier molecular flexibility index (Phi) is 10.7. The van der Waals surface area contributed by atoms with Gasteiger partial charge in [-0.1, -0.05) is 59.6 Å². The lowest BCUT2D eigenvalue weighted by Crippen LogP contribution is -2.35. The van der Waals surface area contributed by atoms with Gasteiger partial charge in [-0.25, -0.2) is 14.4 Å². The van der Waals surface area contributed by atoms with Crippen LogP contribution in [0.1, 0.15) is 30.7 Å². The number of rotatable bonds is 12. The molecular weight excluding hydrogens is 660 g/mol. The van der Waals surface area contributed by atoms with Gasteiger partial charge in [0.15, 0.2) is 0 Å². The van der Waals surface area contributed by atoms with Crippen molar-refractivity contribution >= 4 is 29.1 Å². The van der Waals surface area contributed by atoms with Gasteiger partial charge in [0.05, 0.1) is 54.7 Å². The third-order valence-electron chi connectivity index (χ3n) is 8.66. The first-order chi connectivity index (χ1) is 23.3. The summed E-state index contributed by atoms with van der Waals surface area (Å²) < 4.78 is 25.2. The fourth-order valence-corrected chi connectivity index (χ4v) is 6.83. The Morgan fingerprint density at radius 3 is 2.10 bits per heavy atom. The van der Waals surface area contributed by atoms with E-state index in [4.69, 9.17) is 37.7 Å². The van der Waals surface area contributed by atoms with E-state index in [1.54, 1.807) is 19.5 Å². The van der Waals surface area contributed by atoms with Gasteiger partial charge in [0.2, 0.25) is 17.7 Å². The highest BCUT2D eigenvalue weighted by Gasteiger charge is 2.32. The maximum atomic E-state index is 14.0. The Balaban J connectivity index is 1.24. The lowest BCUT2D eigenvalue weighted by molar-refractivity contribution is -0.119. The zero-order valence-electron chi connectivity index (χ0n) is 26.5. The van der Waals surface area contributed by atoms with Crippen LogP contribution in [-0.4, -0.2) is 88.0 Å². The van der Waals surface area contributed by atoms with E-state index in [0.717, 1.165) is 6.42 Å². The fourth-order valence-electron chi connectivity index (χ4n) is 6.18. The number of ether oxygens (including phenoxy) is 2. The topological polar surface area (TPSA) is 135 Å². The number of nitrogens with zero attached hydrogens (tertiary/aromatic N) is 5. The molecule has 2 aliphatic rings. The van der Waals surface area contributed by atoms with Crippen LogP contribution in [0.15, 0.2) is 48.8 Å². The normalized spacial score (nSPS) is 19.5. The average Bonchev–Trinajstić information content (AvgIpc) is 3.68. The molecule has 4 heterocycles. The molecule has 2 fully saturated rings. The van der Waals surface area contributed by atoms with E-state index in [0.29, 0.717) is 92.9 Å². The number of halogens is 3. The third-order valence-corrected chi connectivity index (χ3v) is 9.47. The number of likely N-dealkylation sites (tertiary alicyclic amines) is 1. The predicted octanol–water partition coefficient (Wildman–Crippen LogP) is 4.86. The number of amides is 1. The summed E-state index contributed by atoms with van der Waals surface area (Å²) in [5.74, 6) is 0.738. The molecule has 6 rings (SSSR count). The highest BCUT2D eigenvalue weighted by atomic mass is 35.5. The van der Waals surface area contributed by atoms with Crippen molar-refractivity contribution in [1.29, 1.82) is 0 Å². The van der Waals surface area contributed by atoms with Gasteiger partial charge in [-0.2, -0.15) is 0 Å². The molecular formula is C34H36Cl2FN7O4. The number of nitrogens with one attached hydrogen (secondary N) is 2. The van der Waals surface area contributed by atoms with Gasteiger partial charge in [0, 0.05) is 66.9 Å². The molecule has 0 unspecified atom stereocenters. The van der Waals surface area contributed by atoms with Gasteiger partial charge < -0.3 is 25.2 Å². The number of hydrogen-bond acceptors (Lipinski definition) is 10. The summed E-state index contributed by atoms with van der Waals surface area (Å²) in [6, 6.07) is 11.0. The van der Waals surface area contributed by atoms with Crippen molar-refractivity contribution in [2.24, 2.45) is 0 Å². The zero-order chi connectivity index (χ0) is 33.8. The van der Waals surface area contributed by atoms with E-state index in [9.17, 15) is 14.3 Å². The Bertz CT molecular complexity index is 1800. The van der Waals surface area contributed by atoms with Crippen LogP contribution < -0.4 is 20.1 Å². The Hall–Kier alpha value is -3.94. The van der Waals surface area contributed by atoms with Crippen molar-refractivity contribution in [3.05, 3.63) is 70.2 Å². The standard InChI is InChI=1S/C34H36Cl2FN7O4/c1-47-33-28(13-38-12-20-9-10-30(46)41-20)39-14-26(42-33)24-7-3-5-22(31(24)35)23-6-4-8-25(32(23)36)27-15-40-29(34(43-27)48-2)17-44-16-19(37)11-21(44)18-45/h3-8,14-15,19-21,38,45H,9-13,16-18H2,1-2H3,(H,41,46)/t19-,20-,21-/m0/s1. The second-order valence-corrected chi connectivity index (χ2v) is 12.5. The lowest BCUT2D eigenvalue weighted by atomic mass is 9.98. The lowest BCUT2D eigenvalue weighted by Gasteiger charge is -2.22. The first-order valence-corrected chi connectivity index (χ1v) is 16.4. The smallest absolute Gasteiger partial charge is 0.237 e. The molecule has 252 valence electrons. The molecule has 2 aliphatic heterocycles. The SMILES string of the molecule is COc1nc(-c2cccc(-c3cccc(-c4cnc(CN5C[C@@H](F)C[C@H]5CO)c(OC)n4)c3Cl)c2Cl)cnc1CNC[C@@H]1CCC(=O)N1. The number of benzene rings is 2. The van der Waals surface area contributed by atoms with Gasteiger partial charge in [-0.15, -0.1) is 0 Å². The Labute approximate surface area is 287 Å².